The standard InChI is InChI=1S/C13H21N3O/c1-8(2)9-5-12(15-7-14-9)16-10-6-11(17)13(10,3)4/h5,7-8,10-11,17H,6H2,1-4H3,(H,14,15,16). The highest BCUT2D eigenvalue weighted by Gasteiger charge is 2.47. The minimum Gasteiger partial charge on any atom is -0.392 e. The van der Waals surface area contributed by atoms with Gasteiger partial charge in [0, 0.05) is 23.2 Å². The number of hydrogen-bond donors (Lipinski definition) is 2. The topological polar surface area (TPSA) is 58.0 Å². The molecule has 1 aliphatic rings. The summed E-state index contributed by atoms with van der Waals surface area (Å²) < 4.78 is 0. The highest BCUT2D eigenvalue weighted by molar-refractivity contribution is 5.38. The highest BCUT2D eigenvalue weighted by Crippen LogP contribution is 2.42. The molecule has 17 heavy (non-hydrogen) atoms. The van der Waals surface area contributed by atoms with Crippen molar-refractivity contribution in [1.29, 1.82) is 0 Å². The molecule has 1 saturated carbocycles. The molecule has 2 N–H and O–H groups in total. The van der Waals surface area contributed by atoms with Gasteiger partial charge in [-0.1, -0.05) is 27.7 Å². The first-order valence-electron chi connectivity index (χ1n) is 6.18. The van der Waals surface area contributed by atoms with Gasteiger partial charge in [0.15, 0.2) is 0 Å². The van der Waals surface area contributed by atoms with Crippen LogP contribution >= 0.6 is 0 Å². The normalized spacial score (nSPS) is 26.7. The Labute approximate surface area is 102 Å². The maximum absolute atomic E-state index is 9.69. The van der Waals surface area contributed by atoms with E-state index in [1.165, 1.54) is 0 Å². The van der Waals surface area contributed by atoms with Gasteiger partial charge in [-0.25, -0.2) is 9.97 Å². The molecule has 94 valence electrons. The van der Waals surface area contributed by atoms with Crippen molar-refractivity contribution in [2.75, 3.05) is 5.32 Å². The zero-order valence-corrected chi connectivity index (χ0v) is 10.9. The molecular weight excluding hydrogens is 214 g/mol. The quantitative estimate of drug-likeness (QED) is 0.843. The van der Waals surface area contributed by atoms with Crippen molar-refractivity contribution in [2.24, 2.45) is 5.41 Å². The van der Waals surface area contributed by atoms with Gasteiger partial charge in [-0.15, -0.1) is 0 Å². The van der Waals surface area contributed by atoms with Crippen molar-refractivity contribution in [2.45, 2.75) is 52.2 Å². The van der Waals surface area contributed by atoms with Gasteiger partial charge in [0.1, 0.15) is 12.1 Å². The van der Waals surface area contributed by atoms with E-state index in [9.17, 15) is 5.11 Å². The second-order valence-corrected chi connectivity index (χ2v) is 5.75. The molecular formula is C13H21N3O. The van der Waals surface area contributed by atoms with E-state index < -0.39 is 0 Å². The van der Waals surface area contributed by atoms with Crippen LogP contribution in [0.25, 0.3) is 0 Å². The highest BCUT2D eigenvalue weighted by atomic mass is 16.3. The molecule has 1 aliphatic carbocycles. The largest absolute Gasteiger partial charge is 0.392 e. The van der Waals surface area contributed by atoms with Crippen LogP contribution in [0.4, 0.5) is 5.82 Å². The van der Waals surface area contributed by atoms with Crippen LogP contribution in [-0.2, 0) is 0 Å². The third-order valence-electron chi connectivity index (χ3n) is 3.82. The molecule has 0 aliphatic heterocycles. The first-order chi connectivity index (χ1) is 7.91. The van der Waals surface area contributed by atoms with E-state index >= 15 is 0 Å². The molecule has 4 nitrogen and oxygen atoms in total. The summed E-state index contributed by atoms with van der Waals surface area (Å²) in [5, 5.41) is 13.1. The first kappa shape index (κ1) is 12.3. The van der Waals surface area contributed by atoms with Crippen molar-refractivity contribution in [3.05, 3.63) is 18.1 Å². The lowest BCUT2D eigenvalue weighted by Crippen LogP contribution is -2.57. The summed E-state index contributed by atoms with van der Waals surface area (Å²) in [6, 6.07) is 2.28. The Morgan fingerprint density at radius 1 is 1.41 bits per heavy atom. The molecule has 2 rings (SSSR count). The molecule has 4 heteroatoms. The summed E-state index contributed by atoms with van der Waals surface area (Å²) in [6.45, 7) is 8.37. The van der Waals surface area contributed by atoms with Crippen molar-refractivity contribution < 1.29 is 5.11 Å². The lowest BCUT2D eigenvalue weighted by atomic mass is 9.64. The summed E-state index contributed by atoms with van der Waals surface area (Å²) in [4.78, 5) is 8.47. The van der Waals surface area contributed by atoms with E-state index in [0.29, 0.717) is 5.92 Å². The molecule has 1 aromatic rings. The van der Waals surface area contributed by atoms with E-state index in [0.717, 1.165) is 17.9 Å². The van der Waals surface area contributed by atoms with Gasteiger partial charge >= 0.3 is 0 Å². The molecule has 0 aromatic carbocycles. The smallest absolute Gasteiger partial charge is 0.129 e. The number of aromatic nitrogens is 2. The zero-order chi connectivity index (χ0) is 12.6. The first-order valence-corrected chi connectivity index (χ1v) is 6.18. The number of rotatable bonds is 3. The summed E-state index contributed by atoms with van der Waals surface area (Å²) in [7, 11) is 0. The van der Waals surface area contributed by atoms with Gasteiger partial charge in [-0.2, -0.15) is 0 Å². The Bertz CT molecular complexity index is 403. The summed E-state index contributed by atoms with van der Waals surface area (Å²) in [5.41, 5.74) is 0.961. The molecule has 0 radical (unpaired) electrons. The number of hydrogen-bond acceptors (Lipinski definition) is 4. The molecule has 1 fully saturated rings. The molecule has 2 unspecified atom stereocenters. The van der Waals surface area contributed by atoms with E-state index in [2.05, 4.69) is 43.0 Å². The van der Waals surface area contributed by atoms with E-state index in [-0.39, 0.29) is 17.6 Å². The predicted octanol–water partition coefficient (Wildman–Crippen LogP) is 2.17. The molecule has 0 spiro atoms. The van der Waals surface area contributed by atoms with E-state index in [1.807, 2.05) is 6.07 Å². The summed E-state index contributed by atoms with van der Waals surface area (Å²) in [5.74, 6) is 1.26. The Balaban J connectivity index is 2.07. The van der Waals surface area contributed by atoms with Crippen molar-refractivity contribution in [3.8, 4) is 0 Å². The maximum Gasteiger partial charge on any atom is 0.129 e. The minimum absolute atomic E-state index is 0.0804. The van der Waals surface area contributed by atoms with Crippen LogP contribution in [0.15, 0.2) is 12.4 Å². The second kappa shape index (κ2) is 4.26. The SMILES string of the molecule is CC(C)c1cc(NC2CC(O)C2(C)C)ncn1. The van der Waals surface area contributed by atoms with Gasteiger partial charge in [0.2, 0.25) is 0 Å². The van der Waals surface area contributed by atoms with Crippen LogP contribution in [0, 0.1) is 5.41 Å². The average Bonchev–Trinajstić information content (AvgIpc) is 2.29. The lowest BCUT2D eigenvalue weighted by Gasteiger charge is -2.49. The van der Waals surface area contributed by atoms with Crippen molar-refractivity contribution in [1.82, 2.24) is 9.97 Å². The van der Waals surface area contributed by atoms with Crippen molar-refractivity contribution in [3.63, 3.8) is 0 Å². The lowest BCUT2D eigenvalue weighted by molar-refractivity contribution is -0.0511. The summed E-state index contributed by atoms with van der Waals surface area (Å²) >= 11 is 0. The molecule has 0 bridgehead atoms. The van der Waals surface area contributed by atoms with Gasteiger partial charge < -0.3 is 10.4 Å². The average molecular weight is 235 g/mol. The molecule has 2 atom stereocenters. The van der Waals surface area contributed by atoms with Gasteiger partial charge in [-0.3, -0.25) is 0 Å². The van der Waals surface area contributed by atoms with Gasteiger partial charge in [0.05, 0.1) is 6.10 Å². The number of nitrogens with one attached hydrogen (secondary N) is 1. The van der Waals surface area contributed by atoms with Crippen LogP contribution in [0.5, 0.6) is 0 Å². The number of aliphatic hydroxyl groups is 1. The van der Waals surface area contributed by atoms with E-state index in [4.69, 9.17) is 0 Å². The molecule has 1 aromatic heterocycles. The molecule has 1 heterocycles. The van der Waals surface area contributed by atoms with Crippen LogP contribution < -0.4 is 5.32 Å². The fraction of sp³-hybridized carbons (Fsp3) is 0.692. The van der Waals surface area contributed by atoms with Crippen LogP contribution in [0.1, 0.15) is 45.7 Å². The number of aliphatic hydroxyl groups excluding tert-OH is 1. The molecule has 0 saturated heterocycles. The summed E-state index contributed by atoms with van der Waals surface area (Å²) in [6.07, 6.45) is 2.17. The van der Waals surface area contributed by atoms with Gasteiger partial charge in [-0.05, 0) is 12.3 Å². The Hall–Kier alpha value is -1.16. The fourth-order valence-corrected chi connectivity index (χ4v) is 2.09. The van der Waals surface area contributed by atoms with Crippen LogP contribution in [0.2, 0.25) is 0 Å². The fourth-order valence-electron chi connectivity index (χ4n) is 2.09. The zero-order valence-electron chi connectivity index (χ0n) is 10.9. The Kier molecular flexibility index (Phi) is 3.08. The second-order valence-electron chi connectivity index (χ2n) is 5.75. The van der Waals surface area contributed by atoms with Crippen LogP contribution in [-0.4, -0.2) is 27.2 Å². The van der Waals surface area contributed by atoms with Crippen LogP contribution in [0.3, 0.4) is 0 Å². The third kappa shape index (κ3) is 2.27. The third-order valence-corrected chi connectivity index (χ3v) is 3.82. The molecule has 0 amide bonds. The monoisotopic (exact) mass is 235 g/mol. The van der Waals surface area contributed by atoms with Gasteiger partial charge in [0.25, 0.3) is 0 Å². The van der Waals surface area contributed by atoms with E-state index in [1.54, 1.807) is 6.33 Å². The number of anilines is 1. The Morgan fingerprint density at radius 2 is 2.12 bits per heavy atom. The Morgan fingerprint density at radius 3 is 2.65 bits per heavy atom. The number of nitrogens with zero attached hydrogens (tertiary/aromatic N) is 2. The minimum atomic E-state index is -0.216. The van der Waals surface area contributed by atoms with Crippen molar-refractivity contribution >= 4 is 5.82 Å². The predicted molar refractivity (Wildman–Crippen MR) is 67.9 cm³/mol. The maximum atomic E-state index is 9.69.